The van der Waals surface area contributed by atoms with Gasteiger partial charge in [-0.15, -0.1) is 0 Å². The first-order valence-electron chi connectivity index (χ1n) is 10.5. The molecule has 1 unspecified atom stereocenters. The van der Waals surface area contributed by atoms with Crippen LogP contribution in [0.3, 0.4) is 0 Å². The third-order valence-corrected chi connectivity index (χ3v) is 5.60. The third kappa shape index (κ3) is 5.39. The van der Waals surface area contributed by atoms with Crippen molar-refractivity contribution in [3.63, 3.8) is 0 Å². The van der Waals surface area contributed by atoms with E-state index in [0.717, 1.165) is 17.7 Å². The summed E-state index contributed by atoms with van der Waals surface area (Å²) in [6, 6.07) is 18.0. The molecule has 0 aliphatic rings. The van der Waals surface area contributed by atoms with Gasteiger partial charge in [-0.2, -0.15) is 13.2 Å². The molecule has 0 aliphatic carbocycles. The number of hydrogen-bond donors (Lipinski definition) is 1. The van der Waals surface area contributed by atoms with Gasteiger partial charge in [-0.1, -0.05) is 42.5 Å². The molecule has 33 heavy (non-hydrogen) atoms. The molecule has 0 amide bonds. The van der Waals surface area contributed by atoms with E-state index >= 15 is 0 Å². The van der Waals surface area contributed by atoms with Gasteiger partial charge < -0.3 is 9.67 Å². The van der Waals surface area contributed by atoms with E-state index in [4.69, 9.17) is 0 Å². The number of nitrogens with zero attached hydrogens (tertiary/aromatic N) is 3. The summed E-state index contributed by atoms with van der Waals surface area (Å²) in [6.45, 7) is 0.289. The molecule has 170 valence electrons. The molecule has 0 aliphatic heterocycles. The Labute approximate surface area is 188 Å². The van der Waals surface area contributed by atoms with Crippen molar-refractivity contribution in [3.8, 4) is 0 Å². The van der Waals surface area contributed by atoms with Crippen molar-refractivity contribution in [1.82, 2.24) is 14.5 Å². The molecule has 4 rings (SSSR count). The number of aryl methyl sites for hydroxylation is 1. The smallest absolute Gasteiger partial charge is 0.416 e. The van der Waals surface area contributed by atoms with Crippen LogP contribution in [0.2, 0.25) is 0 Å². The molecule has 0 bridgehead atoms. The Morgan fingerprint density at radius 2 is 1.70 bits per heavy atom. The maximum atomic E-state index is 12.9. The van der Waals surface area contributed by atoms with Crippen LogP contribution in [0.5, 0.6) is 0 Å². The monoisotopic (exact) mass is 453 g/mol. The lowest BCUT2D eigenvalue weighted by molar-refractivity contribution is -0.142. The number of halogens is 3. The average Bonchev–Trinajstić information content (AvgIpc) is 3.14. The van der Waals surface area contributed by atoms with Gasteiger partial charge in [-0.05, 0) is 48.2 Å². The number of imidazole rings is 1. The molecule has 0 radical (unpaired) electrons. The summed E-state index contributed by atoms with van der Waals surface area (Å²) in [5, 5.41) is 9.72. The van der Waals surface area contributed by atoms with E-state index in [1.165, 1.54) is 12.1 Å². The van der Waals surface area contributed by atoms with E-state index in [1.54, 1.807) is 12.3 Å². The topological polar surface area (TPSA) is 68.0 Å². The van der Waals surface area contributed by atoms with Crippen LogP contribution >= 0.6 is 0 Å². The molecule has 1 N–H and O–H groups in total. The fraction of sp³-hybridized carbons (Fsp3) is 0.240. The Kier molecular flexibility index (Phi) is 6.44. The quantitative estimate of drug-likeness (QED) is 0.389. The average molecular weight is 453 g/mol. The van der Waals surface area contributed by atoms with Crippen LogP contribution in [0, 0.1) is 5.92 Å². The molecule has 0 spiro atoms. The van der Waals surface area contributed by atoms with Crippen molar-refractivity contribution in [2.75, 3.05) is 0 Å². The Morgan fingerprint density at radius 1 is 0.970 bits per heavy atom. The molecule has 0 saturated carbocycles. The number of carboxylic acid groups (broad SMARTS) is 1. The van der Waals surface area contributed by atoms with Gasteiger partial charge in [-0.3, -0.25) is 4.79 Å². The number of hydrogen-bond acceptors (Lipinski definition) is 3. The SMILES string of the molecule is O=C(O)C(CCc1nc2cccnc2n1Cc1ccc(C(F)(F)F)cc1)Cc1ccccc1. The number of carboxylic acids is 1. The molecule has 0 fully saturated rings. The molecule has 4 aromatic rings. The predicted molar refractivity (Wildman–Crippen MR) is 118 cm³/mol. The zero-order chi connectivity index (χ0) is 23.4. The molecular weight excluding hydrogens is 431 g/mol. The first kappa shape index (κ1) is 22.5. The van der Waals surface area contributed by atoms with E-state index in [1.807, 2.05) is 41.0 Å². The van der Waals surface area contributed by atoms with Gasteiger partial charge >= 0.3 is 12.1 Å². The van der Waals surface area contributed by atoms with Crippen molar-refractivity contribution < 1.29 is 23.1 Å². The van der Waals surface area contributed by atoms with E-state index in [2.05, 4.69) is 9.97 Å². The molecule has 2 aromatic carbocycles. The minimum absolute atomic E-state index is 0.289. The van der Waals surface area contributed by atoms with Gasteiger partial charge in [-0.25, -0.2) is 9.97 Å². The Bertz CT molecular complexity index is 1240. The maximum Gasteiger partial charge on any atom is 0.416 e. The summed E-state index contributed by atoms with van der Waals surface area (Å²) in [4.78, 5) is 20.9. The lowest BCUT2D eigenvalue weighted by atomic mass is 9.95. The minimum atomic E-state index is -4.39. The number of benzene rings is 2. The number of alkyl halides is 3. The standard InChI is InChI=1S/C25H22F3N3O2/c26-25(27,28)20-11-8-18(9-12-20)16-31-22(30-21-7-4-14-29-23(21)31)13-10-19(24(32)33)15-17-5-2-1-3-6-17/h1-9,11-12,14,19H,10,13,15-16H2,(H,32,33). The van der Waals surface area contributed by atoms with Crippen LogP contribution in [0.1, 0.15) is 28.9 Å². The zero-order valence-corrected chi connectivity index (χ0v) is 17.7. The normalized spacial score (nSPS) is 12.7. The van der Waals surface area contributed by atoms with Crippen molar-refractivity contribution in [2.24, 2.45) is 5.92 Å². The van der Waals surface area contributed by atoms with Gasteiger partial charge in [0.2, 0.25) is 0 Å². The number of aromatic nitrogens is 3. The number of rotatable bonds is 8. The van der Waals surface area contributed by atoms with Crippen LogP contribution in [-0.4, -0.2) is 25.6 Å². The minimum Gasteiger partial charge on any atom is -0.481 e. The van der Waals surface area contributed by atoms with Gasteiger partial charge in [0.1, 0.15) is 11.3 Å². The number of aliphatic carboxylic acids is 1. The first-order chi connectivity index (χ1) is 15.8. The number of pyridine rings is 1. The van der Waals surface area contributed by atoms with Gasteiger partial charge in [0.15, 0.2) is 5.65 Å². The molecule has 1 atom stereocenters. The third-order valence-electron chi connectivity index (χ3n) is 5.60. The molecule has 0 saturated heterocycles. The second kappa shape index (κ2) is 9.44. The van der Waals surface area contributed by atoms with Crippen molar-refractivity contribution >= 4 is 17.1 Å². The lowest BCUT2D eigenvalue weighted by Crippen LogP contribution is -2.18. The predicted octanol–water partition coefficient (Wildman–Crippen LogP) is 5.37. The second-order valence-corrected chi connectivity index (χ2v) is 7.92. The molecular formula is C25H22F3N3O2. The van der Waals surface area contributed by atoms with Crippen LogP contribution < -0.4 is 0 Å². The summed E-state index contributed by atoms with van der Waals surface area (Å²) in [5.74, 6) is -0.801. The first-order valence-corrected chi connectivity index (χ1v) is 10.5. The lowest BCUT2D eigenvalue weighted by Gasteiger charge is -2.14. The van der Waals surface area contributed by atoms with Gasteiger partial charge in [0.25, 0.3) is 0 Å². The van der Waals surface area contributed by atoms with Crippen molar-refractivity contribution in [1.29, 1.82) is 0 Å². The highest BCUT2D eigenvalue weighted by molar-refractivity contribution is 5.72. The van der Waals surface area contributed by atoms with Crippen molar-refractivity contribution in [2.45, 2.75) is 32.0 Å². The van der Waals surface area contributed by atoms with Gasteiger partial charge in [0.05, 0.1) is 18.0 Å². The summed E-state index contributed by atoms with van der Waals surface area (Å²) >= 11 is 0. The van der Waals surface area contributed by atoms with E-state index < -0.39 is 23.6 Å². The van der Waals surface area contributed by atoms with Crippen molar-refractivity contribution in [3.05, 3.63) is 95.4 Å². The van der Waals surface area contributed by atoms with E-state index in [0.29, 0.717) is 41.8 Å². The molecule has 2 aromatic heterocycles. The van der Waals surface area contributed by atoms with Crippen LogP contribution in [0.25, 0.3) is 11.2 Å². The number of carbonyl (C=O) groups is 1. The zero-order valence-electron chi connectivity index (χ0n) is 17.7. The molecule has 8 heteroatoms. The summed E-state index contributed by atoms with van der Waals surface area (Å²) < 4.78 is 40.5. The Morgan fingerprint density at radius 3 is 2.36 bits per heavy atom. The second-order valence-electron chi connectivity index (χ2n) is 7.92. The highest BCUT2D eigenvalue weighted by Crippen LogP contribution is 2.29. The van der Waals surface area contributed by atoms with Crippen LogP contribution in [-0.2, 0) is 30.4 Å². The van der Waals surface area contributed by atoms with Crippen LogP contribution in [0.4, 0.5) is 13.2 Å². The summed E-state index contributed by atoms with van der Waals surface area (Å²) in [6.07, 6.45) is -1.57. The van der Waals surface area contributed by atoms with E-state index in [-0.39, 0.29) is 6.54 Å². The summed E-state index contributed by atoms with van der Waals surface area (Å²) in [5.41, 5.74) is 2.19. The Hall–Kier alpha value is -3.68. The van der Waals surface area contributed by atoms with E-state index in [9.17, 15) is 23.1 Å². The summed E-state index contributed by atoms with van der Waals surface area (Å²) in [7, 11) is 0. The highest BCUT2D eigenvalue weighted by Gasteiger charge is 2.30. The fourth-order valence-electron chi connectivity index (χ4n) is 3.86. The highest BCUT2D eigenvalue weighted by atomic mass is 19.4. The molecule has 5 nitrogen and oxygen atoms in total. The van der Waals surface area contributed by atoms with Gasteiger partial charge in [0, 0.05) is 12.6 Å². The molecule has 2 heterocycles. The largest absolute Gasteiger partial charge is 0.481 e. The number of fused-ring (bicyclic) bond motifs is 1. The fourth-order valence-corrected chi connectivity index (χ4v) is 3.86. The maximum absolute atomic E-state index is 12.9. The van der Waals surface area contributed by atoms with Crippen LogP contribution in [0.15, 0.2) is 72.9 Å². The Balaban J connectivity index is 1.57.